The molecule has 1 aromatic carbocycles. The average molecular weight is 263 g/mol. The van der Waals surface area contributed by atoms with E-state index in [9.17, 15) is 0 Å². The first-order chi connectivity index (χ1) is 9.00. The fourth-order valence-corrected chi connectivity index (χ4v) is 2.39. The lowest BCUT2D eigenvalue weighted by molar-refractivity contribution is -0.0365. The van der Waals surface area contributed by atoms with Crippen LogP contribution in [0.25, 0.3) is 0 Å². The minimum Gasteiger partial charge on any atom is -0.376 e. The predicted octanol–water partition coefficient (Wildman–Crippen LogP) is 4.18. The highest BCUT2D eigenvalue weighted by Crippen LogP contribution is 2.32. The predicted molar refractivity (Wildman–Crippen MR) is 82.3 cm³/mol. The Morgan fingerprint density at radius 1 is 1.11 bits per heavy atom. The molecule has 1 N–H and O–H groups in total. The maximum atomic E-state index is 6.06. The number of ether oxygens (including phenoxy) is 1. The zero-order valence-electron chi connectivity index (χ0n) is 13.1. The van der Waals surface area contributed by atoms with E-state index in [0.717, 1.165) is 19.6 Å². The first kappa shape index (κ1) is 16.2. The lowest BCUT2D eigenvalue weighted by Gasteiger charge is -2.37. The molecule has 0 saturated heterocycles. The van der Waals surface area contributed by atoms with Gasteiger partial charge in [0.25, 0.3) is 0 Å². The molecule has 1 rings (SSSR count). The number of hydrogen-bond acceptors (Lipinski definition) is 2. The molecule has 0 aliphatic rings. The van der Waals surface area contributed by atoms with Gasteiger partial charge in [-0.15, -0.1) is 0 Å². The van der Waals surface area contributed by atoms with Crippen LogP contribution in [0.3, 0.4) is 0 Å². The van der Waals surface area contributed by atoms with Crippen LogP contribution in [-0.4, -0.2) is 19.3 Å². The van der Waals surface area contributed by atoms with Crippen LogP contribution in [0.5, 0.6) is 0 Å². The van der Waals surface area contributed by atoms with E-state index in [1.54, 1.807) is 0 Å². The van der Waals surface area contributed by atoms with Crippen molar-refractivity contribution in [2.45, 2.75) is 53.2 Å². The van der Waals surface area contributed by atoms with Gasteiger partial charge in [-0.25, -0.2) is 0 Å². The molecule has 0 amide bonds. The Labute approximate surface area is 118 Å². The molecule has 108 valence electrons. The molecule has 0 aliphatic heterocycles. The third-order valence-electron chi connectivity index (χ3n) is 3.28. The lowest BCUT2D eigenvalue weighted by atomic mass is 9.82. The van der Waals surface area contributed by atoms with Gasteiger partial charge in [0, 0.05) is 6.61 Å². The molecule has 0 aliphatic carbocycles. The van der Waals surface area contributed by atoms with Crippen molar-refractivity contribution < 1.29 is 4.74 Å². The second-order valence-corrected chi connectivity index (χ2v) is 6.08. The Bertz CT molecular complexity index is 342. The smallest absolute Gasteiger partial charge is 0.0817 e. The summed E-state index contributed by atoms with van der Waals surface area (Å²) >= 11 is 0. The van der Waals surface area contributed by atoms with Crippen LogP contribution in [0.1, 0.15) is 52.6 Å². The molecular formula is C17H29NO. The molecule has 0 radical (unpaired) electrons. The van der Waals surface area contributed by atoms with Gasteiger partial charge in [0.05, 0.1) is 12.1 Å². The van der Waals surface area contributed by atoms with Crippen molar-refractivity contribution in [3.05, 3.63) is 35.9 Å². The third-order valence-corrected chi connectivity index (χ3v) is 3.28. The summed E-state index contributed by atoms with van der Waals surface area (Å²) in [6, 6.07) is 10.9. The van der Waals surface area contributed by atoms with Crippen molar-refractivity contribution >= 4 is 0 Å². The highest BCUT2D eigenvalue weighted by molar-refractivity contribution is 5.21. The van der Waals surface area contributed by atoms with Gasteiger partial charge in [0.2, 0.25) is 0 Å². The second-order valence-electron chi connectivity index (χ2n) is 6.08. The van der Waals surface area contributed by atoms with Gasteiger partial charge in [0.15, 0.2) is 0 Å². The number of rotatable bonds is 7. The monoisotopic (exact) mass is 263 g/mol. The summed E-state index contributed by atoms with van der Waals surface area (Å²) in [5.74, 6) is 0. The summed E-state index contributed by atoms with van der Waals surface area (Å²) in [4.78, 5) is 0. The number of hydrogen-bond donors (Lipinski definition) is 1. The summed E-state index contributed by atoms with van der Waals surface area (Å²) in [7, 11) is 0. The molecule has 0 heterocycles. The minimum atomic E-state index is 0.108. The fraction of sp³-hybridized carbons (Fsp3) is 0.647. The third kappa shape index (κ3) is 4.96. The van der Waals surface area contributed by atoms with Crippen molar-refractivity contribution in [1.29, 1.82) is 0 Å². The first-order valence-electron chi connectivity index (χ1n) is 7.40. The van der Waals surface area contributed by atoms with Gasteiger partial charge in [-0.3, -0.25) is 0 Å². The summed E-state index contributed by atoms with van der Waals surface area (Å²) < 4.78 is 6.06. The molecule has 19 heavy (non-hydrogen) atoms. The molecule has 2 atom stereocenters. The van der Waals surface area contributed by atoms with Crippen molar-refractivity contribution in [2.75, 3.05) is 13.2 Å². The van der Waals surface area contributed by atoms with Crippen LogP contribution in [0.15, 0.2) is 30.3 Å². The molecule has 2 nitrogen and oxygen atoms in total. The molecule has 0 bridgehead atoms. The van der Waals surface area contributed by atoms with Gasteiger partial charge in [-0.05, 0) is 30.9 Å². The largest absolute Gasteiger partial charge is 0.376 e. The van der Waals surface area contributed by atoms with Crippen molar-refractivity contribution in [3.63, 3.8) is 0 Å². The Balaban J connectivity index is 2.99. The van der Waals surface area contributed by atoms with Crippen molar-refractivity contribution in [3.8, 4) is 0 Å². The molecule has 0 fully saturated rings. The first-order valence-corrected chi connectivity index (χ1v) is 7.40. The van der Waals surface area contributed by atoms with Gasteiger partial charge in [-0.1, -0.05) is 58.0 Å². The van der Waals surface area contributed by atoms with E-state index in [1.807, 2.05) is 0 Å². The van der Waals surface area contributed by atoms with Crippen molar-refractivity contribution in [2.24, 2.45) is 5.41 Å². The van der Waals surface area contributed by atoms with Crippen LogP contribution < -0.4 is 5.32 Å². The Kier molecular flexibility index (Phi) is 6.53. The number of nitrogens with one attached hydrogen (secondary N) is 1. The zero-order valence-corrected chi connectivity index (χ0v) is 13.1. The average Bonchev–Trinajstić information content (AvgIpc) is 2.38. The molecule has 2 unspecified atom stereocenters. The Hall–Kier alpha value is -0.860. The van der Waals surface area contributed by atoms with E-state index in [4.69, 9.17) is 4.74 Å². The second kappa shape index (κ2) is 7.66. The normalized spacial score (nSPS) is 15.2. The van der Waals surface area contributed by atoms with Crippen LogP contribution >= 0.6 is 0 Å². The number of benzene rings is 1. The van der Waals surface area contributed by atoms with Crippen molar-refractivity contribution in [1.82, 2.24) is 5.32 Å². The Morgan fingerprint density at radius 3 is 2.21 bits per heavy atom. The van der Waals surface area contributed by atoms with Crippen LogP contribution in [-0.2, 0) is 4.74 Å². The maximum absolute atomic E-state index is 6.06. The molecule has 1 aromatic rings. The molecule has 0 saturated carbocycles. The van der Waals surface area contributed by atoms with E-state index < -0.39 is 0 Å². The summed E-state index contributed by atoms with van der Waals surface area (Å²) in [5, 5.41) is 3.65. The van der Waals surface area contributed by atoms with Gasteiger partial charge < -0.3 is 10.1 Å². The van der Waals surface area contributed by atoms with Gasteiger partial charge in [-0.2, -0.15) is 0 Å². The zero-order chi connectivity index (χ0) is 14.3. The van der Waals surface area contributed by atoms with E-state index in [2.05, 4.69) is 70.3 Å². The van der Waals surface area contributed by atoms with Gasteiger partial charge in [0.1, 0.15) is 0 Å². The minimum absolute atomic E-state index is 0.108. The topological polar surface area (TPSA) is 21.3 Å². The van der Waals surface area contributed by atoms with E-state index in [-0.39, 0.29) is 17.6 Å². The molecule has 0 aromatic heterocycles. The molecule has 0 spiro atoms. The van der Waals surface area contributed by atoms with E-state index >= 15 is 0 Å². The summed E-state index contributed by atoms with van der Waals surface area (Å²) in [5.41, 5.74) is 1.42. The Morgan fingerprint density at radius 2 is 1.74 bits per heavy atom. The van der Waals surface area contributed by atoms with Crippen LogP contribution in [0, 0.1) is 5.41 Å². The molecular weight excluding hydrogens is 234 g/mol. The van der Waals surface area contributed by atoms with E-state index in [1.165, 1.54) is 5.56 Å². The molecule has 2 heteroatoms. The van der Waals surface area contributed by atoms with Crippen LogP contribution in [0.2, 0.25) is 0 Å². The highest BCUT2D eigenvalue weighted by Gasteiger charge is 2.33. The lowest BCUT2D eigenvalue weighted by Crippen LogP contribution is -2.42. The standard InChI is InChI=1S/C17H29NO/c1-6-13-18-15(14-11-9-8-10-12-14)16(19-7-2)17(3,4)5/h8-12,15-16,18H,6-7,13H2,1-5H3. The maximum Gasteiger partial charge on any atom is 0.0817 e. The summed E-state index contributed by atoms with van der Waals surface area (Å²) in [6.45, 7) is 12.8. The van der Waals surface area contributed by atoms with Gasteiger partial charge >= 0.3 is 0 Å². The SMILES string of the molecule is CCCNC(c1ccccc1)C(OCC)C(C)(C)C. The summed E-state index contributed by atoms with van der Waals surface area (Å²) in [6.07, 6.45) is 1.30. The quantitative estimate of drug-likeness (QED) is 0.797. The highest BCUT2D eigenvalue weighted by atomic mass is 16.5. The van der Waals surface area contributed by atoms with Crippen LogP contribution in [0.4, 0.5) is 0 Å². The van der Waals surface area contributed by atoms with E-state index in [0.29, 0.717) is 0 Å². The fourth-order valence-electron chi connectivity index (χ4n) is 2.39.